The lowest BCUT2D eigenvalue weighted by atomic mass is 10.0. The van der Waals surface area contributed by atoms with E-state index in [1.165, 1.54) is 0 Å². The number of carbonyl (C=O) groups excluding carboxylic acids is 2. The van der Waals surface area contributed by atoms with Gasteiger partial charge in [0.1, 0.15) is 0 Å². The fraction of sp³-hybridized carbons (Fsp3) is 0.310. The summed E-state index contributed by atoms with van der Waals surface area (Å²) in [4.78, 5) is 30.5. The lowest BCUT2D eigenvalue weighted by Gasteiger charge is -2.33. The Morgan fingerprint density at radius 3 is 2.51 bits per heavy atom. The highest BCUT2D eigenvalue weighted by Gasteiger charge is 2.63. The van der Waals surface area contributed by atoms with Gasteiger partial charge in [-0.05, 0) is 50.5 Å². The second-order valence-electron chi connectivity index (χ2n) is 10.1. The number of urea groups is 1. The van der Waals surface area contributed by atoms with E-state index in [-0.39, 0.29) is 16.7 Å². The largest absolute Gasteiger partial charge is 0.334 e. The van der Waals surface area contributed by atoms with Crippen LogP contribution in [0.2, 0.25) is 0 Å². The first-order valence-corrected chi connectivity index (χ1v) is 12.8. The second kappa shape index (κ2) is 8.76. The van der Waals surface area contributed by atoms with Crippen molar-refractivity contribution in [1.82, 2.24) is 10.2 Å². The fourth-order valence-electron chi connectivity index (χ4n) is 5.17. The van der Waals surface area contributed by atoms with Crippen molar-refractivity contribution < 1.29 is 9.59 Å². The molecule has 3 aromatic carbocycles. The molecule has 1 N–H and O–H groups in total. The molecular formula is C29H31N3O2S. The number of anilines is 1. The normalized spacial score (nSPS) is 20.4. The van der Waals surface area contributed by atoms with Gasteiger partial charge in [0.15, 0.2) is 4.87 Å². The van der Waals surface area contributed by atoms with Gasteiger partial charge in [-0.1, -0.05) is 72.3 Å². The molecule has 0 aromatic heterocycles. The Kier molecular flexibility index (Phi) is 5.88. The zero-order chi connectivity index (χ0) is 24.8. The maximum atomic E-state index is 14.3. The maximum Gasteiger partial charge on any atom is 0.319 e. The van der Waals surface area contributed by atoms with Crippen molar-refractivity contribution in [3.8, 4) is 0 Å². The number of nitrogens with one attached hydrogen (secondary N) is 1. The van der Waals surface area contributed by atoms with E-state index in [1.807, 2.05) is 66.4 Å². The Labute approximate surface area is 211 Å². The van der Waals surface area contributed by atoms with Crippen molar-refractivity contribution in [3.63, 3.8) is 0 Å². The van der Waals surface area contributed by atoms with Crippen molar-refractivity contribution >= 4 is 29.4 Å². The van der Waals surface area contributed by atoms with Crippen LogP contribution >= 0.6 is 11.8 Å². The first-order valence-electron chi connectivity index (χ1n) is 12.0. The van der Waals surface area contributed by atoms with E-state index < -0.39 is 4.87 Å². The van der Waals surface area contributed by atoms with Crippen LogP contribution < -0.4 is 10.2 Å². The van der Waals surface area contributed by atoms with Crippen LogP contribution in [0.1, 0.15) is 41.7 Å². The molecule has 3 amide bonds. The van der Waals surface area contributed by atoms with Crippen LogP contribution in [-0.4, -0.2) is 28.1 Å². The van der Waals surface area contributed by atoms with Crippen molar-refractivity contribution in [2.24, 2.45) is 0 Å². The van der Waals surface area contributed by atoms with Crippen molar-refractivity contribution in [2.75, 3.05) is 11.4 Å². The molecule has 1 spiro atoms. The minimum absolute atomic E-state index is 0.0526. The van der Waals surface area contributed by atoms with Crippen LogP contribution in [0.5, 0.6) is 0 Å². The minimum Gasteiger partial charge on any atom is -0.334 e. The molecule has 0 aliphatic carbocycles. The highest BCUT2D eigenvalue weighted by atomic mass is 32.2. The van der Waals surface area contributed by atoms with Gasteiger partial charge in [0, 0.05) is 23.4 Å². The molecule has 1 saturated heterocycles. The van der Waals surface area contributed by atoms with Gasteiger partial charge in [-0.15, -0.1) is 11.8 Å². The molecule has 1 atom stereocenters. The smallest absolute Gasteiger partial charge is 0.319 e. The molecule has 0 bridgehead atoms. The molecular weight excluding hydrogens is 454 g/mol. The second-order valence-corrected chi connectivity index (χ2v) is 12.0. The summed E-state index contributed by atoms with van der Waals surface area (Å²) in [6, 6.07) is 23.9. The number of amides is 3. The Morgan fingerprint density at radius 2 is 1.74 bits per heavy atom. The zero-order valence-corrected chi connectivity index (χ0v) is 21.5. The van der Waals surface area contributed by atoms with E-state index in [4.69, 9.17) is 0 Å². The third-order valence-electron chi connectivity index (χ3n) is 6.80. The number of thioether (sulfide) groups is 1. The summed E-state index contributed by atoms with van der Waals surface area (Å²) in [6.45, 7) is 9.69. The number of para-hydroxylation sites is 1. The van der Waals surface area contributed by atoms with Crippen LogP contribution in [0.3, 0.4) is 0 Å². The molecule has 3 aromatic rings. The van der Waals surface area contributed by atoms with Gasteiger partial charge in [-0.3, -0.25) is 9.69 Å². The molecule has 0 saturated carbocycles. The van der Waals surface area contributed by atoms with Gasteiger partial charge in [0.2, 0.25) is 0 Å². The van der Waals surface area contributed by atoms with Crippen LogP contribution in [0, 0.1) is 13.8 Å². The minimum atomic E-state index is -1.08. The van der Waals surface area contributed by atoms with E-state index in [9.17, 15) is 9.59 Å². The molecule has 2 heterocycles. The fourth-order valence-corrected chi connectivity index (χ4v) is 6.90. The van der Waals surface area contributed by atoms with Crippen LogP contribution in [0.15, 0.2) is 72.8 Å². The summed E-state index contributed by atoms with van der Waals surface area (Å²) >= 11 is 1.58. The third-order valence-corrected chi connectivity index (χ3v) is 8.39. The van der Waals surface area contributed by atoms with Crippen molar-refractivity contribution in [3.05, 3.63) is 101 Å². The van der Waals surface area contributed by atoms with Gasteiger partial charge in [-0.25, -0.2) is 4.79 Å². The predicted molar refractivity (Wildman–Crippen MR) is 142 cm³/mol. The Bertz CT molecular complexity index is 1300. The molecule has 0 radical (unpaired) electrons. The summed E-state index contributed by atoms with van der Waals surface area (Å²) in [5.74, 6) is -0.0526. The number of fused-ring (bicyclic) bond motifs is 2. The first kappa shape index (κ1) is 23.5. The molecule has 1 unspecified atom stereocenters. The van der Waals surface area contributed by atoms with Gasteiger partial charge >= 0.3 is 6.03 Å². The van der Waals surface area contributed by atoms with Gasteiger partial charge in [0.25, 0.3) is 5.91 Å². The lowest BCUT2D eigenvalue weighted by Crippen LogP contribution is -2.53. The number of rotatable bonds is 4. The quantitative estimate of drug-likeness (QED) is 0.513. The average Bonchev–Trinajstić information content (AvgIpc) is 3.25. The summed E-state index contributed by atoms with van der Waals surface area (Å²) < 4.78 is -0.276. The first-order chi connectivity index (χ1) is 16.7. The average molecular weight is 486 g/mol. The highest BCUT2D eigenvalue weighted by molar-refractivity contribution is 8.02. The van der Waals surface area contributed by atoms with Crippen LogP contribution in [0.4, 0.5) is 10.5 Å². The predicted octanol–water partition coefficient (Wildman–Crippen LogP) is 5.74. The molecule has 1 fully saturated rings. The van der Waals surface area contributed by atoms with E-state index in [0.29, 0.717) is 19.6 Å². The number of hydrogen-bond acceptors (Lipinski definition) is 3. The number of aryl methyl sites for hydroxylation is 2. The number of nitrogens with zero attached hydrogens (tertiary/aromatic N) is 2. The molecule has 2 aliphatic rings. The molecule has 35 heavy (non-hydrogen) atoms. The number of hydrogen-bond donors (Lipinski definition) is 1. The van der Waals surface area contributed by atoms with Crippen LogP contribution in [-0.2, 0) is 22.8 Å². The number of carbonyl (C=O) groups is 2. The molecule has 6 heteroatoms. The summed E-state index contributed by atoms with van der Waals surface area (Å²) in [5.41, 5.74) is 6.20. The third kappa shape index (κ3) is 4.10. The SMILES string of the molecule is Cc1cccc(CNC(=O)N2CC(C)(C)SC23C(=O)N(Cc2ccccc2C)c2ccccc23)c1. The molecule has 2 aliphatic heterocycles. The lowest BCUT2D eigenvalue weighted by molar-refractivity contribution is -0.123. The van der Waals surface area contributed by atoms with Crippen LogP contribution in [0.25, 0.3) is 0 Å². The molecule has 5 rings (SSSR count). The standard InChI is InChI=1S/C29H31N3O2S/c1-20-10-9-12-22(16-20)17-30-27(34)32-19-28(3,4)35-29(32)24-14-7-8-15-25(24)31(26(29)33)18-23-13-6-5-11-21(23)2/h5-16H,17-19H2,1-4H3,(H,30,34). The van der Waals surface area contributed by atoms with Gasteiger partial charge in [0.05, 0.1) is 12.2 Å². The molecule has 180 valence electrons. The number of benzene rings is 3. The van der Waals surface area contributed by atoms with Gasteiger partial charge in [-0.2, -0.15) is 0 Å². The van der Waals surface area contributed by atoms with E-state index in [0.717, 1.165) is 33.5 Å². The molecule has 5 nitrogen and oxygen atoms in total. The van der Waals surface area contributed by atoms with Crippen molar-refractivity contribution in [2.45, 2.75) is 50.4 Å². The topological polar surface area (TPSA) is 52.7 Å². The highest BCUT2D eigenvalue weighted by Crippen LogP contribution is 2.59. The Balaban J connectivity index is 1.51. The summed E-state index contributed by atoms with van der Waals surface area (Å²) in [6.07, 6.45) is 0. The van der Waals surface area contributed by atoms with E-state index in [2.05, 4.69) is 44.3 Å². The Morgan fingerprint density at radius 1 is 1.00 bits per heavy atom. The Hall–Kier alpha value is -3.25. The van der Waals surface area contributed by atoms with E-state index >= 15 is 0 Å². The monoisotopic (exact) mass is 485 g/mol. The zero-order valence-electron chi connectivity index (χ0n) is 20.7. The summed E-state index contributed by atoms with van der Waals surface area (Å²) in [5, 5.41) is 3.08. The van der Waals surface area contributed by atoms with Gasteiger partial charge < -0.3 is 10.2 Å². The maximum absolute atomic E-state index is 14.3. The van der Waals surface area contributed by atoms with E-state index in [1.54, 1.807) is 16.7 Å². The summed E-state index contributed by atoms with van der Waals surface area (Å²) in [7, 11) is 0. The van der Waals surface area contributed by atoms with Crippen molar-refractivity contribution in [1.29, 1.82) is 0 Å².